The van der Waals surface area contributed by atoms with Gasteiger partial charge < -0.3 is 19.4 Å². The molecule has 0 radical (unpaired) electrons. The normalized spacial score (nSPS) is 10.9. The molecule has 0 fully saturated rings. The number of benzene rings is 2. The summed E-state index contributed by atoms with van der Waals surface area (Å²) in [6.45, 7) is -0.226. The lowest BCUT2D eigenvalue weighted by molar-refractivity contribution is 0.0898. The van der Waals surface area contributed by atoms with Crippen LogP contribution in [0, 0.1) is 5.82 Å². The smallest absolute Gasteiger partial charge is 0.251 e. The van der Waals surface area contributed by atoms with Gasteiger partial charge in [-0.3, -0.25) is 9.59 Å². The number of aromatic nitrogens is 2. The minimum Gasteiger partial charge on any atom is -0.493 e. The molecule has 1 amide bonds. The van der Waals surface area contributed by atoms with Crippen molar-refractivity contribution in [3.63, 3.8) is 0 Å². The number of fused-ring (bicyclic) bond motifs is 1. The Kier molecular flexibility index (Phi) is 5.91. The Bertz CT molecular complexity index is 1330. The molecule has 0 aliphatic carbocycles. The van der Waals surface area contributed by atoms with Gasteiger partial charge in [0.05, 0.1) is 31.2 Å². The molecule has 164 valence electrons. The van der Waals surface area contributed by atoms with Crippen molar-refractivity contribution in [3.05, 3.63) is 65.2 Å². The molecule has 1 N–H and O–H groups in total. The highest BCUT2D eigenvalue weighted by Gasteiger charge is 2.19. The van der Waals surface area contributed by atoms with Gasteiger partial charge in [0.25, 0.3) is 5.91 Å². The Morgan fingerprint density at radius 3 is 2.69 bits per heavy atom. The molecule has 4 rings (SSSR count). The minimum atomic E-state index is -0.423. The number of ether oxygens (including phenoxy) is 2. The Labute approximate surface area is 187 Å². The van der Waals surface area contributed by atoms with Crippen molar-refractivity contribution in [1.29, 1.82) is 0 Å². The van der Waals surface area contributed by atoms with Gasteiger partial charge in [0.2, 0.25) is 5.78 Å². The first-order chi connectivity index (χ1) is 15.4. The van der Waals surface area contributed by atoms with Crippen molar-refractivity contribution in [2.45, 2.75) is 0 Å². The van der Waals surface area contributed by atoms with Crippen LogP contribution in [-0.4, -0.2) is 42.0 Å². The van der Waals surface area contributed by atoms with E-state index in [9.17, 15) is 14.0 Å². The molecule has 0 spiro atoms. The first kappa shape index (κ1) is 21.5. The van der Waals surface area contributed by atoms with Crippen LogP contribution in [0.2, 0.25) is 0 Å². The summed E-state index contributed by atoms with van der Waals surface area (Å²) in [4.78, 5) is 29.7. The molecule has 0 atom stereocenters. The SMILES string of the molecule is COc1ccc(C(=O)NCC(=O)c2nc(-c3csc4c(F)cccc34)cn2C)cc1OC. The van der Waals surface area contributed by atoms with Crippen molar-refractivity contribution in [2.75, 3.05) is 20.8 Å². The van der Waals surface area contributed by atoms with Gasteiger partial charge in [0.1, 0.15) is 5.82 Å². The highest BCUT2D eigenvalue weighted by Crippen LogP contribution is 2.34. The van der Waals surface area contributed by atoms with Gasteiger partial charge in [0, 0.05) is 35.1 Å². The molecular weight excluding hydrogens is 433 g/mol. The zero-order chi connectivity index (χ0) is 22.8. The predicted molar refractivity (Wildman–Crippen MR) is 120 cm³/mol. The maximum Gasteiger partial charge on any atom is 0.251 e. The van der Waals surface area contributed by atoms with E-state index < -0.39 is 5.91 Å². The van der Waals surface area contributed by atoms with Gasteiger partial charge in [0.15, 0.2) is 17.3 Å². The van der Waals surface area contributed by atoms with Crippen LogP contribution < -0.4 is 14.8 Å². The number of aryl methyl sites for hydroxylation is 1. The van der Waals surface area contributed by atoms with Crippen LogP contribution in [-0.2, 0) is 7.05 Å². The van der Waals surface area contributed by atoms with Crippen LogP contribution in [0.25, 0.3) is 21.3 Å². The molecule has 2 heterocycles. The van der Waals surface area contributed by atoms with E-state index in [1.165, 1.54) is 31.6 Å². The Hall–Kier alpha value is -3.72. The summed E-state index contributed by atoms with van der Waals surface area (Å²) in [6, 6.07) is 9.63. The van der Waals surface area contributed by atoms with E-state index in [1.807, 2.05) is 11.4 Å². The maximum atomic E-state index is 14.0. The molecule has 0 aliphatic heterocycles. The standard InChI is InChI=1S/C23H20FN3O4S/c1-27-11-17(15-12-32-21-14(15)5-4-6-16(21)24)26-22(27)18(28)10-25-23(29)13-7-8-19(30-2)20(9-13)31-3/h4-9,11-12H,10H2,1-3H3,(H,25,29). The third-order valence-electron chi connectivity index (χ3n) is 5.01. The van der Waals surface area contributed by atoms with E-state index in [0.717, 1.165) is 10.9 Å². The lowest BCUT2D eigenvalue weighted by atomic mass is 10.1. The lowest BCUT2D eigenvalue weighted by Crippen LogP contribution is -2.30. The number of ketones is 1. The van der Waals surface area contributed by atoms with Crippen molar-refractivity contribution in [1.82, 2.24) is 14.9 Å². The first-order valence-corrected chi connectivity index (χ1v) is 10.5. The molecule has 2 aromatic heterocycles. The fourth-order valence-corrected chi connectivity index (χ4v) is 4.36. The fourth-order valence-electron chi connectivity index (χ4n) is 3.39. The van der Waals surface area contributed by atoms with E-state index in [4.69, 9.17) is 9.47 Å². The van der Waals surface area contributed by atoms with Crippen LogP contribution in [0.5, 0.6) is 11.5 Å². The monoisotopic (exact) mass is 453 g/mol. The second-order valence-corrected chi connectivity index (χ2v) is 7.88. The molecule has 0 aliphatic rings. The number of carbonyl (C=O) groups is 2. The summed E-state index contributed by atoms with van der Waals surface area (Å²) < 4.78 is 26.5. The minimum absolute atomic E-state index is 0.198. The number of amides is 1. The van der Waals surface area contributed by atoms with Gasteiger partial charge in [-0.15, -0.1) is 11.3 Å². The van der Waals surface area contributed by atoms with E-state index >= 15 is 0 Å². The Morgan fingerprint density at radius 2 is 1.94 bits per heavy atom. The summed E-state index contributed by atoms with van der Waals surface area (Å²) >= 11 is 1.29. The number of hydrogen-bond acceptors (Lipinski definition) is 6. The average molecular weight is 453 g/mol. The van der Waals surface area contributed by atoms with Crippen molar-refractivity contribution < 1.29 is 23.5 Å². The van der Waals surface area contributed by atoms with E-state index in [1.54, 1.807) is 42.1 Å². The lowest BCUT2D eigenvalue weighted by Gasteiger charge is -2.09. The molecule has 4 aromatic rings. The summed E-state index contributed by atoms with van der Waals surface area (Å²) in [5, 5.41) is 5.18. The fraction of sp³-hybridized carbons (Fsp3) is 0.174. The van der Waals surface area contributed by atoms with Crippen LogP contribution in [0.4, 0.5) is 4.39 Å². The van der Waals surface area contributed by atoms with Gasteiger partial charge in [-0.25, -0.2) is 9.37 Å². The first-order valence-electron chi connectivity index (χ1n) is 9.65. The van der Waals surface area contributed by atoms with E-state index in [-0.39, 0.29) is 24.0 Å². The third-order valence-corrected chi connectivity index (χ3v) is 6.01. The van der Waals surface area contributed by atoms with Gasteiger partial charge in [-0.1, -0.05) is 12.1 Å². The topological polar surface area (TPSA) is 82.5 Å². The maximum absolute atomic E-state index is 14.0. The van der Waals surface area contributed by atoms with E-state index in [2.05, 4.69) is 10.3 Å². The quantitative estimate of drug-likeness (QED) is 0.427. The largest absolute Gasteiger partial charge is 0.493 e. The average Bonchev–Trinajstić information content (AvgIpc) is 3.41. The number of imidazole rings is 1. The van der Waals surface area contributed by atoms with Gasteiger partial charge in [-0.05, 0) is 24.3 Å². The molecule has 0 unspecified atom stereocenters. The second kappa shape index (κ2) is 8.80. The number of hydrogen-bond donors (Lipinski definition) is 1. The number of methoxy groups -OCH3 is 2. The molecule has 0 saturated carbocycles. The zero-order valence-corrected chi connectivity index (χ0v) is 18.5. The van der Waals surface area contributed by atoms with Crippen LogP contribution in [0.15, 0.2) is 48.0 Å². The number of thiophene rings is 1. The molecule has 0 bridgehead atoms. The number of halogens is 1. The number of carbonyl (C=O) groups excluding carboxylic acids is 2. The van der Waals surface area contributed by atoms with Crippen LogP contribution in [0.1, 0.15) is 21.0 Å². The van der Waals surface area contributed by atoms with Crippen LogP contribution in [0.3, 0.4) is 0 Å². The zero-order valence-electron chi connectivity index (χ0n) is 17.6. The number of nitrogens with zero attached hydrogens (tertiary/aromatic N) is 2. The van der Waals surface area contributed by atoms with Crippen LogP contribution >= 0.6 is 11.3 Å². The summed E-state index contributed by atoms with van der Waals surface area (Å²) in [5.74, 6) is 0.0553. The molecular formula is C23H20FN3O4S. The molecule has 2 aromatic carbocycles. The van der Waals surface area contributed by atoms with Crippen molar-refractivity contribution in [3.8, 4) is 22.8 Å². The highest BCUT2D eigenvalue weighted by atomic mass is 32.1. The second-order valence-electron chi connectivity index (χ2n) is 7.00. The molecule has 32 heavy (non-hydrogen) atoms. The Morgan fingerprint density at radius 1 is 1.16 bits per heavy atom. The number of nitrogens with one attached hydrogen (secondary N) is 1. The molecule has 9 heteroatoms. The van der Waals surface area contributed by atoms with Crippen molar-refractivity contribution >= 4 is 33.1 Å². The van der Waals surface area contributed by atoms with Gasteiger partial charge >= 0.3 is 0 Å². The van der Waals surface area contributed by atoms with Crippen molar-refractivity contribution in [2.24, 2.45) is 7.05 Å². The van der Waals surface area contributed by atoms with E-state index in [0.29, 0.717) is 27.5 Å². The summed E-state index contributed by atoms with van der Waals surface area (Å²) in [5.41, 5.74) is 1.66. The summed E-state index contributed by atoms with van der Waals surface area (Å²) in [6.07, 6.45) is 1.72. The third kappa shape index (κ3) is 3.94. The Balaban J connectivity index is 1.50. The number of rotatable bonds is 7. The van der Waals surface area contributed by atoms with Gasteiger partial charge in [-0.2, -0.15) is 0 Å². The number of Topliss-reactive ketones (excluding diaryl/α,β-unsaturated/α-hetero) is 1. The molecule has 7 nitrogen and oxygen atoms in total. The summed E-state index contributed by atoms with van der Waals surface area (Å²) in [7, 11) is 4.69. The molecule has 0 saturated heterocycles. The highest BCUT2D eigenvalue weighted by molar-refractivity contribution is 7.17. The predicted octanol–water partition coefficient (Wildman–Crippen LogP) is 4.07.